The van der Waals surface area contributed by atoms with Crippen LogP contribution in [0.5, 0.6) is 0 Å². The fraction of sp³-hybridized carbons (Fsp3) is 0.600. The Labute approximate surface area is 92.9 Å². The van der Waals surface area contributed by atoms with Crippen molar-refractivity contribution in [3.63, 3.8) is 0 Å². The molecule has 0 spiro atoms. The number of hydrogen-bond donors (Lipinski definition) is 2. The molecule has 6 nitrogen and oxygen atoms in total. The van der Waals surface area contributed by atoms with E-state index in [1.54, 1.807) is 0 Å². The highest BCUT2D eigenvalue weighted by atomic mass is 16.3. The second kappa shape index (κ2) is 5.50. The van der Waals surface area contributed by atoms with Gasteiger partial charge in [-0.15, -0.1) is 0 Å². The van der Waals surface area contributed by atoms with Gasteiger partial charge in [0.1, 0.15) is 5.69 Å². The van der Waals surface area contributed by atoms with E-state index in [0.29, 0.717) is 13.0 Å². The van der Waals surface area contributed by atoms with Gasteiger partial charge in [0.15, 0.2) is 0 Å². The van der Waals surface area contributed by atoms with E-state index in [0.717, 1.165) is 11.0 Å². The lowest BCUT2D eigenvalue weighted by atomic mass is 10.4. The Morgan fingerprint density at radius 3 is 2.62 bits per heavy atom. The Hall–Kier alpha value is -1.56. The van der Waals surface area contributed by atoms with Crippen LogP contribution in [0.25, 0.3) is 0 Å². The average molecular weight is 227 g/mol. The number of anilines is 1. The van der Waals surface area contributed by atoms with Crippen LogP contribution >= 0.6 is 0 Å². The zero-order valence-corrected chi connectivity index (χ0v) is 9.35. The number of rotatable bonds is 5. The summed E-state index contributed by atoms with van der Waals surface area (Å²) in [6.45, 7) is 2.60. The van der Waals surface area contributed by atoms with Crippen LogP contribution < -0.4 is 17.0 Å². The highest BCUT2D eigenvalue weighted by Gasteiger charge is 2.08. The van der Waals surface area contributed by atoms with Gasteiger partial charge in [-0.1, -0.05) is 6.92 Å². The van der Waals surface area contributed by atoms with E-state index < -0.39 is 5.56 Å². The lowest BCUT2D eigenvalue weighted by molar-refractivity contribution is 0.277. The van der Waals surface area contributed by atoms with Crippen LogP contribution in [-0.4, -0.2) is 20.8 Å². The molecule has 3 N–H and O–H groups in total. The number of aliphatic hydroxyl groups excluding tert-OH is 1. The quantitative estimate of drug-likeness (QED) is 0.701. The zero-order chi connectivity index (χ0) is 12.1. The molecule has 0 saturated heterocycles. The highest BCUT2D eigenvalue weighted by molar-refractivity contribution is 5.30. The molecule has 0 saturated carbocycles. The van der Waals surface area contributed by atoms with Gasteiger partial charge in [-0.05, 0) is 12.8 Å². The number of nitrogens with two attached hydrogens (primary N) is 1. The number of aromatic nitrogens is 2. The van der Waals surface area contributed by atoms with Crippen molar-refractivity contribution in [2.45, 2.75) is 32.9 Å². The van der Waals surface area contributed by atoms with Gasteiger partial charge < -0.3 is 10.8 Å². The van der Waals surface area contributed by atoms with E-state index >= 15 is 0 Å². The molecule has 90 valence electrons. The molecule has 6 heteroatoms. The van der Waals surface area contributed by atoms with Gasteiger partial charge in [0, 0.05) is 25.9 Å². The summed E-state index contributed by atoms with van der Waals surface area (Å²) >= 11 is 0. The smallest absolute Gasteiger partial charge is 0.331 e. The Bertz CT molecular complexity index is 461. The molecule has 0 atom stereocenters. The van der Waals surface area contributed by atoms with Crippen molar-refractivity contribution in [3.8, 4) is 0 Å². The first-order valence-electron chi connectivity index (χ1n) is 5.32. The summed E-state index contributed by atoms with van der Waals surface area (Å²) in [7, 11) is 0. The Morgan fingerprint density at radius 2 is 2.06 bits per heavy atom. The predicted octanol–water partition coefficient (Wildman–Crippen LogP) is -0.615. The predicted molar refractivity (Wildman–Crippen MR) is 61.4 cm³/mol. The standard InChI is InChI=1S/C10H17N3O3/c1-2-4-12-7-8(11)9(15)13(10(12)16)5-3-6-14/h7,14H,2-6,11H2,1H3. The van der Waals surface area contributed by atoms with Crippen LogP contribution in [0, 0.1) is 0 Å². The van der Waals surface area contributed by atoms with Gasteiger partial charge in [-0.2, -0.15) is 0 Å². The maximum absolute atomic E-state index is 11.8. The Balaban J connectivity index is 3.23. The molecule has 16 heavy (non-hydrogen) atoms. The van der Waals surface area contributed by atoms with Crippen molar-refractivity contribution in [2.75, 3.05) is 12.3 Å². The molecule has 0 amide bonds. The zero-order valence-electron chi connectivity index (χ0n) is 9.35. The molecule has 0 radical (unpaired) electrons. The molecule has 1 aromatic heterocycles. The molecule has 1 aromatic rings. The summed E-state index contributed by atoms with van der Waals surface area (Å²) in [6, 6.07) is 0. The van der Waals surface area contributed by atoms with Crippen molar-refractivity contribution in [1.29, 1.82) is 0 Å². The average Bonchev–Trinajstić information content (AvgIpc) is 2.26. The van der Waals surface area contributed by atoms with E-state index in [1.807, 2.05) is 6.92 Å². The van der Waals surface area contributed by atoms with Crippen LogP contribution in [-0.2, 0) is 13.1 Å². The minimum Gasteiger partial charge on any atom is -0.396 e. The summed E-state index contributed by atoms with van der Waals surface area (Å²) in [4.78, 5) is 23.4. The first-order valence-corrected chi connectivity index (χ1v) is 5.32. The van der Waals surface area contributed by atoms with Gasteiger partial charge >= 0.3 is 5.69 Å². The fourth-order valence-electron chi connectivity index (χ4n) is 1.50. The molecular weight excluding hydrogens is 210 g/mol. The van der Waals surface area contributed by atoms with Gasteiger partial charge in [0.2, 0.25) is 0 Å². The number of hydrogen-bond acceptors (Lipinski definition) is 4. The minimum atomic E-state index is -0.481. The molecule has 0 aliphatic carbocycles. The van der Waals surface area contributed by atoms with E-state index in [9.17, 15) is 9.59 Å². The normalized spacial score (nSPS) is 10.6. The topological polar surface area (TPSA) is 90.2 Å². The molecule has 0 fully saturated rings. The van der Waals surface area contributed by atoms with E-state index in [4.69, 9.17) is 10.8 Å². The first-order chi connectivity index (χ1) is 7.61. The lowest BCUT2D eigenvalue weighted by Gasteiger charge is -2.09. The number of nitrogens with zero attached hydrogens (tertiary/aromatic N) is 2. The van der Waals surface area contributed by atoms with Gasteiger partial charge in [-0.3, -0.25) is 13.9 Å². The van der Waals surface area contributed by atoms with Crippen LogP contribution in [0.2, 0.25) is 0 Å². The van der Waals surface area contributed by atoms with E-state index in [1.165, 1.54) is 10.8 Å². The maximum Gasteiger partial charge on any atom is 0.331 e. The number of aryl methyl sites for hydroxylation is 1. The van der Waals surface area contributed by atoms with Gasteiger partial charge in [-0.25, -0.2) is 4.79 Å². The van der Waals surface area contributed by atoms with Crippen LogP contribution in [0.1, 0.15) is 19.8 Å². The summed E-state index contributed by atoms with van der Waals surface area (Å²) in [5.74, 6) is 0. The van der Waals surface area contributed by atoms with E-state index in [2.05, 4.69) is 0 Å². The van der Waals surface area contributed by atoms with Crippen molar-refractivity contribution in [2.24, 2.45) is 0 Å². The van der Waals surface area contributed by atoms with E-state index in [-0.39, 0.29) is 24.5 Å². The summed E-state index contributed by atoms with van der Waals surface area (Å²) < 4.78 is 2.50. The molecule has 0 bridgehead atoms. The molecule has 1 heterocycles. The third kappa shape index (κ3) is 2.52. The second-order valence-electron chi connectivity index (χ2n) is 3.59. The maximum atomic E-state index is 11.8. The fourth-order valence-corrected chi connectivity index (χ4v) is 1.50. The summed E-state index contributed by atoms with van der Waals surface area (Å²) in [6.07, 6.45) is 2.53. The second-order valence-corrected chi connectivity index (χ2v) is 3.59. The number of nitrogen functional groups attached to an aromatic ring is 1. The minimum absolute atomic E-state index is 0.0611. The highest BCUT2D eigenvalue weighted by Crippen LogP contribution is 1.92. The van der Waals surface area contributed by atoms with Crippen LogP contribution in [0.3, 0.4) is 0 Å². The molecule has 1 rings (SSSR count). The Kier molecular flexibility index (Phi) is 4.30. The summed E-state index contributed by atoms with van der Waals surface area (Å²) in [5, 5.41) is 8.70. The number of aliphatic hydroxyl groups is 1. The SMILES string of the molecule is CCCn1cc(N)c(=O)n(CCCO)c1=O. The van der Waals surface area contributed by atoms with Gasteiger partial charge in [0.25, 0.3) is 5.56 Å². The molecule has 0 aliphatic rings. The lowest BCUT2D eigenvalue weighted by Crippen LogP contribution is -2.40. The largest absolute Gasteiger partial charge is 0.396 e. The van der Waals surface area contributed by atoms with Crippen molar-refractivity contribution < 1.29 is 5.11 Å². The molecular formula is C10H17N3O3. The van der Waals surface area contributed by atoms with Crippen molar-refractivity contribution >= 4 is 5.69 Å². The van der Waals surface area contributed by atoms with Crippen LogP contribution in [0.4, 0.5) is 5.69 Å². The van der Waals surface area contributed by atoms with Crippen LogP contribution in [0.15, 0.2) is 15.8 Å². The third-order valence-electron chi connectivity index (χ3n) is 2.27. The molecule has 0 unspecified atom stereocenters. The molecule has 0 aromatic carbocycles. The summed E-state index contributed by atoms with van der Waals surface area (Å²) in [5.41, 5.74) is 4.75. The Morgan fingerprint density at radius 1 is 1.38 bits per heavy atom. The van der Waals surface area contributed by atoms with Gasteiger partial charge in [0.05, 0.1) is 0 Å². The van der Waals surface area contributed by atoms with Crippen molar-refractivity contribution in [3.05, 3.63) is 27.0 Å². The third-order valence-corrected chi connectivity index (χ3v) is 2.27. The molecule has 0 aliphatic heterocycles. The van der Waals surface area contributed by atoms with Crippen molar-refractivity contribution in [1.82, 2.24) is 9.13 Å². The first kappa shape index (κ1) is 12.5. The monoisotopic (exact) mass is 227 g/mol.